The van der Waals surface area contributed by atoms with Crippen LogP contribution in [0.4, 0.5) is 4.79 Å². The van der Waals surface area contributed by atoms with Gasteiger partial charge in [0.1, 0.15) is 36.3 Å². The van der Waals surface area contributed by atoms with Crippen LogP contribution in [-0.2, 0) is 24.1 Å². The van der Waals surface area contributed by atoms with Crippen molar-refractivity contribution in [3.05, 3.63) is 98.0 Å². The maximum atomic E-state index is 12.2. The third-order valence-electron chi connectivity index (χ3n) is 7.18. The fourth-order valence-electron chi connectivity index (χ4n) is 4.86. The molecule has 2 amide bonds. The van der Waals surface area contributed by atoms with Gasteiger partial charge in [-0.05, 0) is 77.9 Å². The SMILES string of the molecule is Cc1cc(O)c([C@@H]2O[C@H](CO)[C@@H](O)[C@H](O)[C@H]2O)cc1Cc1ccc(CCNC(=O)NCc2cc(Cl)cc(Cl)c2)cc1. The van der Waals surface area contributed by atoms with E-state index in [0.717, 1.165) is 27.8 Å². The molecular weight excluding hydrogens is 571 g/mol. The molecule has 11 heteroatoms. The second kappa shape index (κ2) is 13.8. The van der Waals surface area contributed by atoms with Gasteiger partial charge in [0, 0.05) is 28.7 Å². The predicted octanol–water partition coefficient (Wildman–Crippen LogP) is 3.16. The van der Waals surface area contributed by atoms with Gasteiger partial charge in [0.25, 0.3) is 0 Å². The zero-order chi connectivity index (χ0) is 29.7. The standard InChI is InChI=1S/C30H34Cl2N2O7/c1-16-8-24(36)23(29-28(39)27(38)26(37)25(15-35)41-29)12-20(16)9-18-4-2-17(3-5-18)6-7-33-30(40)34-14-19-10-21(31)13-22(32)11-19/h2-5,8,10-13,25-29,35-39H,6-7,9,14-15H2,1H3,(H2,33,34,40)/t25-,26-,27+,28-,29+/m1/s1. The minimum atomic E-state index is -1.54. The molecule has 220 valence electrons. The number of aliphatic hydroxyl groups excluding tert-OH is 4. The number of aliphatic hydroxyl groups is 4. The van der Waals surface area contributed by atoms with E-state index in [1.807, 2.05) is 31.2 Å². The maximum absolute atomic E-state index is 12.2. The second-order valence-corrected chi connectivity index (χ2v) is 11.1. The van der Waals surface area contributed by atoms with Crippen molar-refractivity contribution in [1.82, 2.24) is 10.6 Å². The molecule has 9 nitrogen and oxygen atoms in total. The molecule has 4 rings (SSSR count). The molecule has 0 radical (unpaired) electrons. The first-order chi connectivity index (χ1) is 19.5. The molecule has 0 saturated carbocycles. The number of phenols is 1. The van der Waals surface area contributed by atoms with Gasteiger partial charge in [0.2, 0.25) is 0 Å². The van der Waals surface area contributed by atoms with Crippen molar-refractivity contribution in [2.24, 2.45) is 0 Å². The molecule has 1 aliphatic rings. The molecular formula is C30H34Cl2N2O7. The number of nitrogens with one attached hydrogen (secondary N) is 2. The van der Waals surface area contributed by atoms with Crippen LogP contribution in [0.25, 0.3) is 0 Å². The Morgan fingerprint density at radius 3 is 2.20 bits per heavy atom. The van der Waals surface area contributed by atoms with Crippen molar-refractivity contribution in [1.29, 1.82) is 0 Å². The van der Waals surface area contributed by atoms with E-state index < -0.39 is 37.1 Å². The molecule has 1 fully saturated rings. The number of aromatic hydroxyl groups is 1. The summed E-state index contributed by atoms with van der Waals surface area (Å²) < 4.78 is 5.64. The predicted molar refractivity (Wildman–Crippen MR) is 155 cm³/mol. The summed E-state index contributed by atoms with van der Waals surface area (Å²) in [6.45, 7) is 2.06. The third kappa shape index (κ3) is 7.90. The number of rotatable bonds is 9. The van der Waals surface area contributed by atoms with E-state index in [1.54, 1.807) is 30.3 Å². The Morgan fingerprint density at radius 1 is 0.878 bits per heavy atom. The normalized spacial score (nSPS) is 22.4. The number of ether oxygens (including phenoxy) is 1. The first kappa shape index (κ1) is 31.1. The fourth-order valence-corrected chi connectivity index (χ4v) is 5.43. The van der Waals surface area contributed by atoms with Gasteiger partial charge in [-0.1, -0.05) is 47.5 Å². The van der Waals surface area contributed by atoms with E-state index in [4.69, 9.17) is 27.9 Å². The minimum Gasteiger partial charge on any atom is -0.508 e. The summed E-state index contributed by atoms with van der Waals surface area (Å²) in [5.74, 6) is -0.112. The van der Waals surface area contributed by atoms with Crippen LogP contribution in [0, 0.1) is 6.92 Å². The molecule has 1 saturated heterocycles. The van der Waals surface area contributed by atoms with Crippen molar-refractivity contribution in [2.45, 2.75) is 56.8 Å². The zero-order valence-electron chi connectivity index (χ0n) is 22.4. The lowest BCUT2D eigenvalue weighted by Crippen LogP contribution is -2.55. The number of halogens is 2. The molecule has 0 spiro atoms. The number of amides is 2. The molecule has 41 heavy (non-hydrogen) atoms. The highest BCUT2D eigenvalue weighted by Gasteiger charge is 2.44. The van der Waals surface area contributed by atoms with Gasteiger partial charge >= 0.3 is 6.03 Å². The van der Waals surface area contributed by atoms with Gasteiger partial charge in [-0.2, -0.15) is 0 Å². The van der Waals surface area contributed by atoms with Crippen LogP contribution in [0.1, 0.15) is 39.5 Å². The number of carbonyl (C=O) groups excluding carboxylic acids is 1. The molecule has 1 heterocycles. The number of phenolic OH excluding ortho intramolecular Hbond substituents is 1. The fraction of sp³-hybridized carbons (Fsp3) is 0.367. The number of hydrogen-bond donors (Lipinski definition) is 7. The average molecular weight is 606 g/mol. The van der Waals surface area contributed by atoms with Crippen molar-refractivity contribution in [2.75, 3.05) is 13.2 Å². The van der Waals surface area contributed by atoms with Crippen molar-refractivity contribution < 1.29 is 35.1 Å². The largest absolute Gasteiger partial charge is 0.508 e. The Morgan fingerprint density at radius 2 is 1.54 bits per heavy atom. The number of hydrogen-bond acceptors (Lipinski definition) is 7. The molecule has 1 aliphatic heterocycles. The van der Waals surface area contributed by atoms with Crippen molar-refractivity contribution in [3.8, 4) is 5.75 Å². The Bertz CT molecular complexity index is 1330. The van der Waals surface area contributed by atoms with Gasteiger partial charge in [-0.25, -0.2) is 4.79 Å². The molecule has 3 aromatic carbocycles. The van der Waals surface area contributed by atoms with Gasteiger partial charge in [-0.3, -0.25) is 0 Å². The summed E-state index contributed by atoms with van der Waals surface area (Å²) in [6.07, 6.45) is -5.53. The van der Waals surface area contributed by atoms with E-state index >= 15 is 0 Å². The molecule has 0 bridgehead atoms. The van der Waals surface area contributed by atoms with Crippen LogP contribution >= 0.6 is 23.2 Å². The van der Waals surface area contributed by atoms with Crippen LogP contribution in [0.3, 0.4) is 0 Å². The number of urea groups is 1. The van der Waals surface area contributed by atoms with E-state index in [0.29, 0.717) is 36.0 Å². The lowest BCUT2D eigenvalue weighted by Gasteiger charge is -2.40. The molecule has 0 unspecified atom stereocenters. The van der Waals surface area contributed by atoms with Crippen LogP contribution in [0.5, 0.6) is 5.75 Å². The van der Waals surface area contributed by atoms with E-state index in [2.05, 4.69) is 10.6 Å². The Balaban J connectivity index is 1.33. The highest BCUT2D eigenvalue weighted by Crippen LogP contribution is 2.38. The minimum absolute atomic E-state index is 0.112. The second-order valence-electron chi connectivity index (χ2n) is 10.2. The molecule has 0 aliphatic carbocycles. The molecule has 7 N–H and O–H groups in total. The number of aryl methyl sites for hydroxylation is 1. The molecule has 3 aromatic rings. The summed E-state index contributed by atoms with van der Waals surface area (Å²) in [5.41, 5.74) is 4.82. The Labute approximate surface area is 248 Å². The third-order valence-corrected chi connectivity index (χ3v) is 7.61. The number of benzene rings is 3. The summed E-state index contributed by atoms with van der Waals surface area (Å²) >= 11 is 12.0. The van der Waals surface area contributed by atoms with Crippen LogP contribution in [-0.4, -0.2) is 69.1 Å². The van der Waals surface area contributed by atoms with Crippen LogP contribution in [0.15, 0.2) is 54.6 Å². The summed E-state index contributed by atoms with van der Waals surface area (Å²) in [5, 5.41) is 57.5. The van der Waals surface area contributed by atoms with E-state index in [-0.39, 0.29) is 17.3 Å². The highest BCUT2D eigenvalue weighted by molar-refractivity contribution is 6.34. The summed E-state index contributed by atoms with van der Waals surface area (Å²) in [6, 6.07) is 16.0. The monoisotopic (exact) mass is 604 g/mol. The van der Waals surface area contributed by atoms with Gasteiger partial charge < -0.3 is 40.9 Å². The lowest BCUT2D eigenvalue weighted by molar-refractivity contribution is -0.232. The highest BCUT2D eigenvalue weighted by atomic mass is 35.5. The van der Waals surface area contributed by atoms with E-state index in [1.165, 1.54) is 0 Å². The van der Waals surface area contributed by atoms with Gasteiger partial charge in [0.05, 0.1) is 6.61 Å². The van der Waals surface area contributed by atoms with Gasteiger partial charge in [-0.15, -0.1) is 0 Å². The molecule has 5 atom stereocenters. The topological polar surface area (TPSA) is 152 Å². The Hall–Kier alpha value is -2.89. The first-order valence-electron chi connectivity index (χ1n) is 13.2. The summed E-state index contributed by atoms with van der Waals surface area (Å²) in [7, 11) is 0. The van der Waals surface area contributed by atoms with Crippen molar-refractivity contribution >= 4 is 29.2 Å². The van der Waals surface area contributed by atoms with E-state index in [9.17, 15) is 30.3 Å². The lowest BCUT2D eigenvalue weighted by atomic mass is 9.88. The quantitative estimate of drug-likeness (QED) is 0.198. The summed E-state index contributed by atoms with van der Waals surface area (Å²) in [4.78, 5) is 12.2. The zero-order valence-corrected chi connectivity index (χ0v) is 23.9. The average Bonchev–Trinajstić information content (AvgIpc) is 2.93. The smallest absolute Gasteiger partial charge is 0.315 e. The molecule has 0 aromatic heterocycles. The Kier molecular flexibility index (Phi) is 10.5. The first-order valence-corrected chi connectivity index (χ1v) is 14.0. The van der Waals surface area contributed by atoms with Crippen LogP contribution in [0.2, 0.25) is 10.0 Å². The number of carbonyl (C=O) groups is 1. The van der Waals surface area contributed by atoms with Crippen molar-refractivity contribution in [3.63, 3.8) is 0 Å². The van der Waals surface area contributed by atoms with Crippen LogP contribution < -0.4 is 10.6 Å². The maximum Gasteiger partial charge on any atom is 0.315 e. The van der Waals surface area contributed by atoms with Gasteiger partial charge in [0.15, 0.2) is 0 Å².